The molecule has 0 aliphatic heterocycles. The fraction of sp³-hybridized carbons (Fsp3) is 0.167. The molecule has 0 bridgehead atoms. The number of guanidine groups is 1. The highest BCUT2D eigenvalue weighted by Gasteiger charge is 2.05. The van der Waals surface area contributed by atoms with Crippen molar-refractivity contribution in [3.05, 3.63) is 88.3 Å². The van der Waals surface area contributed by atoms with Crippen molar-refractivity contribution in [3.63, 3.8) is 0 Å². The fourth-order valence-corrected chi connectivity index (χ4v) is 2.24. The topological polar surface area (TPSA) is 106 Å². The second-order valence-corrected chi connectivity index (χ2v) is 5.45. The van der Waals surface area contributed by atoms with Crippen molar-refractivity contribution in [1.29, 1.82) is 0 Å². The van der Waals surface area contributed by atoms with Crippen molar-refractivity contribution in [1.82, 2.24) is 10.6 Å². The van der Waals surface area contributed by atoms with E-state index in [1.807, 2.05) is 24.3 Å². The Morgan fingerprint density at radius 1 is 0.963 bits per heavy atom. The van der Waals surface area contributed by atoms with Gasteiger partial charge in [0.05, 0.1) is 37.1 Å². The molecule has 0 aliphatic rings. The molecule has 27 heavy (non-hydrogen) atoms. The molecular formula is C18H19IN4O4. The molecule has 0 spiro atoms. The van der Waals surface area contributed by atoms with Crippen LogP contribution < -0.4 is 10.6 Å². The van der Waals surface area contributed by atoms with Crippen molar-refractivity contribution in [2.75, 3.05) is 0 Å². The number of nitro benzene ring substituents is 1. The van der Waals surface area contributed by atoms with E-state index in [-0.39, 0.29) is 29.7 Å². The van der Waals surface area contributed by atoms with Gasteiger partial charge in [-0.15, -0.1) is 24.0 Å². The summed E-state index contributed by atoms with van der Waals surface area (Å²) in [5.41, 5.74) is 0.928. The summed E-state index contributed by atoms with van der Waals surface area (Å²) in [5.74, 6) is 2.15. The van der Waals surface area contributed by atoms with Crippen LogP contribution in [0.5, 0.6) is 0 Å². The molecule has 1 aromatic carbocycles. The van der Waals surface area contributed by atoms with Crippen molar-refractivity contribution < 1.29 is 13.8 Å². The molecular weight excluding hydrogens is 463 g/mol. The number of nitrogens with one attached hydrogen (secondary N) is 2. The van der Waals surface area contributed by atoms with Gasteiger partial charge in [-0.25, -0.2) is 4.99 Å². The number of aliphatic imine (C=N–C) groups is 1. The van der Waals surface area contributed by atoms with E-state index >= 15 is 0 Å². The Kier molecular flexibility index (Phi) is 7.86. The Bertz CT molecular complexity index is 806. The van der Waals surface area contributed by atoms with Gasteiger partial charge in [0, 0.05) is 12.1 Å². The largest absolute Gasteiger partial charge is 0.467 e. The zero-order valence-corrected chi connectivity index (χ0v) is 16.7. The van der Waals surface area contributed by atoms with Crippen LogP contribution in [0.25, 0.3) is 0 Å². The number of nitrogens with zero attached hydrogens (tertiary/aromatic N) is 2. The van der Waals surface area contributed by atoms with E-state index in [2.05, 4.69) is 15.6 Å². The second-order valence-electron chi connectivity index (χ2n) is 5.45. The van der Waals surface area contributed by atoms with Gasteiger partial charge in [-0.1, -0.05) is 12.1 Å². The van der Waals surface area contributed by atoms with Crippen LogP contribution in [0.4, 0.5) is 5.69 Å². The molecule has 0 radical (unpaired) electrons. The summed E-state index contributed by atoms with van der Waals surface area (Å²) in [5, 5.41) is 17.1. The summed E-state index contributed by atoms with van der Waals surface area (Å²) in [6.07, 6.45) is 3.22. The van der Waals surface area contributed by atoms with Gasteiger partial charge in [0.25, 0.3) is 5.69 Å². The van der Waals surface area contributed by atoms with Gasteiger partial charge < -0.3 is 19.5 Å². The minimum Gasteiger partial charge on any atom is -0.467 e. The summed E-state index contributed by atoms with van der Waals surface area (Å²) in [7, 11) is 0. The summed E-state index contributed by atoms with van der Waals surface area (Å²) >= 11 is 0. The van der Waals surface area contributed by atoms with Gasteiger partial charge in [0.15, 0.2) is 5.96 Å². The highest BCUT2D eigenvalue weighted by molar-refractivity contribution is 14.0. The van der Waals surface area contributed by atoms with Crippen LogP contribution in [0.1, 0.15) is 17.1 Å². The number of hydrogen-bond donors (Lipinski definition) is 2. The fourth-order valence-electron chi connectivity index (χ4n) is 2.24. The summed E-state index contributed by atoms with van der Waals surface area (Å²) in [4.78, 5) is 14.8. The van der Waals surface area contributed by atoms with Crippen LogP contribution in [0.3, 0.4) is 0 Å². The third kappa shape index (κ3) is 6.44. The van der Waals surface area contributed by atoms with E-state index in [0.717, 1.165) is 17.1 Å². The normalized spacial score (nSPS) is 9.93. The lowest BCUT2D eigenvalue weighted by molar-refractivity contribution is -0.384. The van der Waals surface area contributed by atoms with E-state index in [9.17, 15) is 10.1 Å². The lowest BCUT2D eigenvalue weighted by Crippen LogP contribution is -2.36. The highest BCUT2D eigenvalue weighted by atomic mass is 127. The maximum absolute atomic E-state index is 10.7. The standard InChI is InChI=1S/C18H18N4O4.HI/c23-22(24)15-7-5-14(6-8-15)11-19-18(20-12-16-3-1-9-25-16)21-13-17-4-2-10-26-17;/h1-10H,11-13H2,(H2,19,20,21);1H. The smallest absolute Gasteiger partial charge is 0.269 e. The predicted octanol–water partition coefficient (Wildman–Crippen LogP) is 3.83. The highest BCUT2D eigenvalue weighted by Crippen LogP contribution is 2.12. The Labute approximate surface area is 172 Å². The van der Waals surface area contributed by atoms with E-state index in [1.165, 1.54) is 12.1 Å². The molecule has 0 atom stereocenters. The minimum atomic E-state index is -0.422. The molecule has 2 aromatic heterocycles. The van der Waals surface area contributed by atoms with Crippen molar-refractivity contribution in [2.45, 2.75) is 19.6 Å². The van der Waals surface area contributed by atoms with Gasteiger partial charge >= 0.3 is 0 Å². The minimum absolute atomic E-state index is 0. The molecule has 2 heterocycles. The van der Waals surface area contributed by atoms with Crippen molar-refractivity contribution in [3.8, 4) is 0 Å². The van der Waals surface area contributed by atoms with Crippen LogP contribution in [0.15, 0.2) is 74.9 Å². The molecule has 0 amide bonds. The van der Waals surface area contributed by atoms with Crippen molar-refractivity contribution in [2.24, 2.45) is 4.99 Å². The number of rotatable bonds is 7. The van der Waals surface area contributed by atoms with E-state index in [1.54, 1.807) is 24.7 Å². The molecule has 9 heteroatoms. The Morgan fingerprint density at radius 3 is 1.96 bits per heavy atom. The lowest BCUT2D eigenvalue weighted by Gasteiger charge is -2.11. The first-order valence-corrected chi connectivity index (χ1v) is 8.01. The van der Waals surface area contributed by atoms with Crippen LogP contribution >= 0.6 is 24.0 Å². The van der Waals surface area contributed by atoms with Crippen molar-refractivity contribution >= 4 is 35.6 Å². The van der Waals surface area contributed by atoms with Crippen LogP contribution in [0.2, 0.25) is 0 Å². The number of hydrogen-bond acceptors (Lipinski definition) is 5. The molecule has 142 valence electrons. The Hall–Kier alpha value is -2.82. The maximum atomic E-state index is 10.7. The van der Waals surface area contributed by atoms with Crippen LogP contribution in [0, 0.1) is 10.1 Å². The lowest BCUT2D eigenvalue weighted by atomic mass is 10.2. The first-order valence-electron chi connectivity index (χ1n) is 8.01. The van der Waals surface area contributed by atoms with Gasteiger partial charge in [0.1, 0.15) is 11.5 Å². The predicted molar refractivity (Wildman–Crippen MR) is 111 cm³/mol. The summed E-state index contributed by atoms with van der Waals surface area (Å²) < 4.78 is 10.6. The van der Waals surface area contributed by atoms with E-state index < -0.39 is 4.92 Å². The Morgan fingerprint density at radius 2 is 1.52 bits per heavy atom. The molecule has 0 aliphatic carbocycles. The van der Waals surface area contributed by atoms with E-state index in [0.29, 0.717) is 25.6 Å². The third-order valence-electron chi connectivity index (χ3n) is 3.59. The SMILES string of the molecule is I.O=[N+]([O-])c1ccc(CN=C(NCc2ccco2)NCc2ccco2)cc1. The number of furan rings is 2. The van der Waals surface area contributed by atoms with Crippen LogP contribution in [-0.2, 0) is 19.6 Å². The molecule has 0 saturated carbocycles. The first kappa shape index (κ1) is 20.5. The monoisotopic (exact) mass is 482 g/mol. The number of benzene rings is 1. The van der Waals surface area contributed by atoms with E-state index in [4.69, 9.17) is 8.83 Å². The zero-order valence-electron chi connectivity index (χ0n) is 14.3. The quantitative estimate of drug-likeness (QED) is 0.174. The summed E-state index contributed by atoms with van der Waals surface area (Å²) in [6.45, 7) is 1.35. The van der Waals surface area contributed by atoms with Gasteiger partial charge in [-0.3, -0.25) is 10.1 Å². The number of halogens is 1. The van der Waals surface area contributed by atoms with Gasteiger partial charge in [0.2, 0.25) is 0 Å². The molecule has 0 fully saturated rings. The molecule has 3 rings (SSSR count). The Balaban J connectivity index is 0.00000261. The average Bonchev–Trinajstić information content (AvgIpc) is 3.35. The number of nitro groups is 1. The summed E-state index contributed by atoms with van der Waals surface area (Å²) in [6, 6.07) is 13.7. The molecule has 0 saturated heterocycles. The molecule has 2 N–H and O–H groups in total. The van der Waals surface area contributed by atoms with Gasteiger partial charge in [-0.2, -0.15) is 0 Å². The first-order chi connectivity index (χ1) is 12.7. The van der Waals surface area contributed by atoms with Crippen LogP contribution in [-0.4, -0.2) is 10.9 Å². The maximum Gasteiger partial charge on any atom is 0.269 e. The average molecular weight is 482 g/mol. The third-order valence-corrected chi connectivity index (χ3v) is 3.59. The van der Waals surface area contributed by atoms with Gasteiger partial charge in [-0.05, 0) is 29.8 Å². The molecule has 3 aromatic rings. The second kappa shape index (κ2) is 10.4. The molecule has 0 unspecified atom stereocenters. The molecule has 8 nitrogen and oxygen atoms in total. The number of non-ortho nitro benzene ring substituents is 1. The zero-order chi connectivity index (χ0) is 18.2.